The highest BCUT2D eigenvalue weighted by Gasteiger charge is 2.03. The van der Waals surface area contributed by atoms with E-state index in [1.165, 1.54) is 0 Å². The zero-order valence-corrected chi connectivity index (χ0v) is 15.9. The van der Waals surface area contributed by atoms with Crippen molar-refractivity contribution in [3.63, 3.8) is 0 Å². The van der Waals surface area contributed by atoms with Crippen LogP contribution in [0.2, 0.25) is 0 Å². The third-order valence-electron chi connectivity index (χ3n) is 4.51. The lowest BCUT2D eigenvalue weighted by Gasteiger charge is -2.10. The van der Waals surface area contributed by atoms with Crippen molar-refractivity contribution in [1.82, 2.24) is 4.98 Å². The summed E-state index contributed by atoms with van der Waals surface area (Å²) < 4.78 is 11.8. The number of ether oxygens (including phenoxy) is 2. The van der Waals surface area contributed by atoms with Crippen LogP contribution in [0, 0.1) is 0 Å². The third kappa shape index (κ3) is 4.74. The van der Waals surface area contributed by atoms with Gasteiger partial charge < -0.3 is 14.6 Å². The number of nitrogens with zero attached hydrogens (tertiary/aromatic N) is 1. The molecule has 0 bridgehead atoms. The lowest BCUT2D eigenvalue weighted by Crippen LogP contribution is -1.99. The van der Waals surface area contributed by atoms with E-state index in [2.05, 4.69) is 17.6 Å². The number of hydrogen-bond acceptors (Lipinski definition) is 4. The van der Waals surface area contributed by atoms with Gasteiger partial charge in [0.05, 0.1) is 11.2 Å². The van der Waals surface area contributed by atoms with E-state index in [-0.39, 0.29) is 5.76 Å². The van der Waals surface area contributed by atoms with Gasteiger partial charge in [-0.05, 0) is 35.9 Å². The molecule has 0 aliphatic rings. The molecule has 0 aliphatic heterocycles. The summed E-state index contributed by atoms with van der Waals surface area (Å²) in [6.45, 7) is 4.32. The maximum atomic E-state index is 9.52. The maximum absolute atomic E-state index is 9.52. The van der Waals surface area contributed by atoms with Crippen LogP contribution in [0.1, 0.15) is 16.8 Å². The molecule has 29 heavy (non-hydrogen) atoms. The summed E-state index contributed by atoms with van der Waals surface area (Å²) >= 11 is 0. The van der Waals surface area contributed by atoms with Gasteiger partial charge in [-0.3, -0.25) is 0 Å². The van der Waals surface area contributed by atoms with Crippen molar-refractivity contribution in [3.8, 4) is 11.5 Å². The fourth-order valence-electron chi connectivity index (χ4n) is 3.01. The Balaban J connectivity index is 1.39. The van der Waals surface area contributed by atoms with Gasteiger partial charge in [0.15, 0.2) is 0 Å². The van der Waals surface area contributed by atoms with Gasteiger partial charge in [-0.1, -0.05) is 55.1 Å². The lowest BCUT2D eigenvalue weighted by atomic mass is 10.1. The first kappa shape index (κ1) is 18.6. The van der Waals surface area contributed by atoms with Crippen molar-refractivity contribution < 1.29 is 14.6 Å². The standard InChI is InChI=1S/C25H21NO3/c1-18(27)21-8-4-6-19(14-21)16-28-23-9-5-10-24(15-23)29-17-22-13-12-20-7-2-3-11-25(20)26-22/h2-15,27H,1,16-17H2. The molecule has 0 unspecified atom stereocenters. The first-order valence-electron chi connectivity index (χ1n) is 9.35. The topological polar surface area (TPSA) is 51.6 Å². The number of aromatic nitrogens is 1. The second kappa shape index (κ2) is 8.48. The highest BCUT2D eigenvalue weighted by atomic mass is 16.5. The summed E-state index contributed by atoms with van der Waals surface area (Å²) in [4.78, 5) is 4.63. The van der Waals surface area contributed by atoms with Crippen LogP contribution in [0.4, 0.5) is 0 Å². The zero-order valence-electron chi connectivity index (χ0n) is 15.9. The molecule has 1 N–H and O–H groups in total. The van der Waals surface area contributed by atoms with Crippen LogP contribution in [0.3, 0.4) is 0 Å². The van der Waals surface area contributed by atoms with Gasteiger partial charge in [-0.15, -0.1) is 0 Å². The summed E-state index contributed by atoms with van der Waals surface area (Å²) in [5.41, 5.74) is 3.46. The van der Waals surface area contributed by atoms with Gasteiger partial charge in [-0.25, -0.2) is 4.98 Å². The van der Waals surface area contributed by atoms with Gasteiger partial charge in [-0.2, -0.15) is 0 Å². The highest BCUT2D eigenvalue weighted by Crippen LogP contribution is 2.22. The van der Waals surface area contributed by atoms with Crippen LogP contribution < -0.4 is 9.47 Å². The molecule has 3 aromatic carbocycles. The Morgan fingerprint density at radius 3 is 2.38 bits per heavy atom. The average Bonchev–Trinajstić information content (AvgIpc) is 2.76. The maximum Gasteiger partial charge on any atom is 0.130 e. The largest absolute Gasteiger partial charge is 0.508 e. The Bertz CT molecular complexity index is 1150. The van der Waals surface area contributed by atoms with E-state index >= 15 is 0 Å². The van der Waals surface area contributed by atoms with Gasteiger partial charge in [0.25, 0.3) is 0 Å². The molecule has 0 saturated carbocycles. The van der Waals surface area contributed by atoms with Gasteiger partial charge in [0.2, 0.25) is 0 Å². The molecule has 0 amide bonds. The Kier molecular flexibility index (Phi) is 5.43. The van der Waals surface area contributed by atoms with Crippen LogP contribution in [0.5, 0.6) is 11.5 Å². The summed E-state index contributed by atoms with van der Waals surface area (Å²) in [5, 5.41) is 10.6. The minimum atomic E-state index is 0.0459. The van der Waals surface area contributed by atoms with Crippen LogP contribution >= 0.6 is 0 Å². The summed E-state index contributed by atoms with van der Waals surface area (Å²) in [5.74, 6) is 1.47. The fourth-order valence-corrected chi connectivity index (χ4v) is 3.01. The number of rotatable bonds is 7. The molecular weight excluding hydrogens is 362 g/mol. The first-order chi connectivity index (χ1) is 14.2. The molecule has 0 fully saturated rings. The van der Waals surface area contributed by atoms with Crippen LogP contribution in [-0.4, -0.2) is 10.1 Å². The normalized spacial score (nSPS) is 10.6. The van der Waals surface area contributed by atoms with E-state index in [9.17, 15) is 5.11 Å². The Labute approximate surface area is 169 Å². The van der Waals surface area contributed by atoms with Crippen molar-refractivity contribution >= 4 is 16.7 Å². The number of benzene rings is 3. The smallest absolute Gasteiger partial charge is 0.130 e. The molecule has 144 valence electrons. The SMILES string of the molecule is C=C(O)c1cccc(COc2cccc(OCc3ccc4ccccc4n3)c2)c1. The fraction of sp³-hybridized carbons (Fsp3) is 0.0800. The van der Waals surface area contributed by atoms with Crippen molar-refractivity contribution in [2.45, 2.75) is 13.2 Å². The number of pyridine rings is 1. The molecule has 0 radical (unpaired) electrons. The highest BCUT2D eigenvalue weighted by molar-refractivity contribution is 5.78. The molecule has 4 aromatic rings. The Morgan fingerprint density at radius 2 is 1.55 bits per heavy atom. The summed E-state index contributed by atoms with van der Waals surface area (Å²) in [6, 6.07) is 27.0. The number of fused-ring (bicyclic) bond motifs is 1. The monoisotopic (exact) mass is 383 g/mol. The van der Waals surface area contributed by atoms with Gasteiger partial charge in [0.1, 0.15) is 30.5 Å². The molecule has 4 rings (SSSR count). The quantitative estimate of drug-likeness (QED) is 0.402. The van der Waals surface area contributed by atoms with Crippen LogP contribution in [0.25, 0.3) is 16.7 Å². The van der Waals surface area contributed by atoms with E-state index in [0.29, 0.717) is 24.5 Å². The molecule has 0 atom stereocenters. The van der Waals surface area contributed by atoms with Gasteiger partial charge in [0, 0.05) is 17.0 Å². The third-order valence-corrected chi connectivity index (χ3v) is 4.51. The summed E-state index contributed by atoms with van der Waals surface area (Å²) in [7, 11) is 0. The van der Waals surface area contributed by atoms with E-state index in [4.69, 9.17) is 9.47 Å². The number of para-hydroxylation sites is 1. The Morgan fingerprint density at radius 1 is 0.793 bits per heavy atom. The molecule has 4 nitrogen and oxygen atoms in total. The number of hydrogen-bond donors (Lipinski definition) is 1. The molecule has 0 aliphatic carbocycles. The molecule has 0 spiro atoms. The minimum absolute atomic E-state index is 0.0459. The number of aliphatic hydroxyl groups excluding tert-OH is 1. The van der Waals surface area contributed by atoms with Crippen molar-refractivity contribution in [2.75, 3.05) is 0 Å². The predicted molar refractivity (Wildman–Crippen MR) is 115 cm³/mol. The summed E-state index contributed by atoms with van der Waals surface area (Å²) in [6.07, 6.45) is 0. The minimum Gasteiger partial charge on any atom is -0.508 e. The Hall–Kier alpha value is -3.79. The molecule has 1 aromatic heterocycles. The van der Waals surface area contributed by atoms with E-state index in [1.807, 2.05) is 72.8 Å². The first-order valence-corrected chi connectivity index (χ1v) is 9.35. The van der Waals surface area contributed by atoms with Crippen molar-refractivity contribution in [1.29, 1.82) is 0 Å². The second-order valence-electron chi connectivity index (χ2n) is 6.69. The van der Waals surface area contributed by atoms with E-state index in [1.54, 1.807) is 6.07 Å². The molecule has 0 saturated heterocycles. The van der Waals surface area contributed by atoms with Crippen molar-refractivity contribution in [3.05, 3.63) is 108 Å². The number of aliphatic hydroxyl groups is 1. The predicted octanol–water partition coefficient (Wildman–Crippen LogP) is 5.92. The van der Waals surface area contributed by atoms with E-state index < -0.39 is 0 Å². The van der Waals surface area contributed by atoms with Crippen molar-refractivity contribution in [2.24, 2.45) is 0 Å². The lowest BCUT2D eigenvalue weighted by molar-refractivity contribution is 0.287. The van der Waals surface area contributed by atoms with Gasteiger partial charge >= 0.3 is 0 Å². The van der Waals surface area contributed by atoms with Crippen LogP contribution in [0.15, 0.2) is 91.5 Å². The zero-order chi connectivity index (χ0) is 20.1. The molecule has 1 heterocycles. The van der Waals surface area contributed by atoms with Crippen LogP contribution in [-0.2, 0) is 13.2 Å². The molecule has 4 heteroatoms. The average molecular weight is 383 g/mol. The second-order valence-corrected chi connectivity index (χ2v) is 6.69. The molecular formula is C25H21NO3. The van der Waals surface area contributed by atoms with E-state index in [0.717, 1.165) is 27.9 Å².